The van der Waals surface area contributed by atoms with E-state index in [9.17, 15) is 9.59 Å². The summed E-state index contributed by atoms with van der Waals surface area (Å²) in [4.78, 5) is 32.7. The summed E-state index contributed by atoms with van der Waals surface area (Å²) in [5.74, 6) is 1.51. The molecule has 4 saturated carbocycles. The molecule has 2 heterocycles. The Morgan fingerprint density at radius 2 is 1.44 bits per heavy atom. The van der Waals surface area contributed by atoms with Gasteiger partial charge in [0.05, 0.1) is 52.3 Å². The number of methoxy groups -OCH3 is 1. The number of nitrogens with zero attached hydrogens (tertiary/aromatic N) is 1. The largest absolute Gasteiger partial charge is 0.462 e. The molecule has 4 fully saturated rings. The quantitative estimate of drug-likeness (QED) is 0.102. The lowest BCUT2D eigenvalue weighted by Gasteiger charge is -2.57. The number of rotatable bonds is 17. The van der Waals surface area contributed by atoms with Crippen molar-refractivity contribution in [1.29, 1.82) is 0 Å². The zero-order valence-electron chi connectivity index (χ0n) is 29.0. The molecule has 0 radical (unpaired) electrons. The minimum Gasteiger partial charge on any atom is -0.462 e. The number of hydrogen-bond donors (Lipinski definition) is 2. The second-order valence-corrected chi connectivity index (χ2v) is 14.8. The number of halogens is 1. The molecule has 3 aromatic rings. The molecule has 11 heteroatoms. The maximum Gasteiger partial charge on any atom is 0.329 e. The average Bonchev–Trinajstić information content (AvgIpc) is 3.49. The summed E-state index contributed by atoms with van der Waals surface area (Å²) in [6, 6.07) is 15.1. The van der Waals surface area contributed by atoms with Gasteiger partial charge in [0, 0.05) is 41.4 Å². The number of aromatic amines is 1. The van der Waals surface area contributed by atoms with Crippen molar-refractivity contribution in [3.8, 4) is 0 Å². The number of para-hydroxylation sites is 1. The molecule has 1 aliphatic heterocycles. The second kappa shape index (κ2) is 16.0. The molecule has 5 aliphatic rings. The van der Waals surface area contributed by atoms with Gasteiger partial charge in [0.25, 0.3) is 0 Å². The fourth-order valence-electron chi connectivity index (χ4n) is 9.50. The molecule has 2 atom stereocenters. The first kappa shape index (κ1) is 35.3. The Morgan fingerprint density at radius 1 is 0.840 bits per heavy atom. The fraction of sp³-hybridized carbons (Fsp3) is 0.590. The van der Waals surface area contributed by atoms with Crippen molar-refractivity contribution in [1.82, 2.24) is 9.88 Å². The zero-order valence-corrected chi connectivity index (χ0v) is 29.8. The highest BCUT2D eigenvalue weighted by Gasteiger charge is 2.51. The molecular weight excluding hydrogens is 658 g/mol. The number of hydrogen-bond acceptors (Lipinski definition) is 8. The van der Waals surface area contributed by atoms with Crippen molar-refractivity contribution in [2.24, 2.45) is 17.8 Å². The zero-order chi connectivity index (χ0) is 34.5. The van der Waals surface area contributed by atoms with Gasteiger partial charge in [-0.05, 0) is 85.6 Å². The minimum absolute atomic E-state index is 0.0640. The Hall–Kier alpha value is -3.15. The SMILES string of the molecule is COCCOCCOCCOCCOC(=O)[C@H]1Cc2c([nH]c3ccccc23)[C@H](c2ccc(NC34CC5CC(CC(C5)C3)C4)cc2)N1C(=O)CCl. The van der Waals surface area contributed by atoms with Crippen LogP contribution in [-0.4, -0.2) is 99.2 Å². The van der Waals surface area contributed by atoms with E-state index in [0.717, 1.165) is 51.2 Å². The predicted molar refractivity (Wildman–Crippen MR) is 191 cm³/mol. The van der Waals surface area contributed by atoms with Crippen molar-refractivity contribution in [3.63, 3.8) is 0 Å². The Morgan fingerprint density at radius 3 is 2.06 bits per heavy atom. The molecule has 0 saturated heterocycles. The number of carbonyl (C=O) groups is 2. The number of nitrogens with one attached hydrogen (secondary N) is 2. The maximum absolute atomic E-state index is 13.8. The number of H-pyrrole nitrogens is 1. The molecule has 2 aromatic carbocycles. The third-order valence-corrected chi connectivity index (χ3v) is 11.4. The van der Waals surface area contributed by atoms with E-state index in [0.29, 0.717) is 46.1 Å². The Bertz CT molecular complexity index is 1580. The third-order valence-electron chi connectivity index (χ3n) is 11.1. The lowest BCUT2D eigenvalue weighted by Crippen LogP contribution is -2.54. The smallest absolute Gasteiger partial charge is 0.329 e. The van der Waals surface area contributed by atoms with Crippen molar-refractivity contribution >= 4 is 40.1 Å². The number of ether oxygens (including phenoxy) is 5. The van der Waals surface area contributed by atoms with Gasteiger partial charge in [-0.1, -0.05) is 30.3 Å². The van der Waals surface area contributed by atoms with Gasteiger partial charge in [-0.25, -0.2) is 4.79 Å². The van der Waals surface area contributed by atoms with Crippen LogP contribution >= 0.6 is 11.6 Å². The molecular formula is C39H50ClN3O7. The van der Waals surface area contributed by atoms with Gasteiger partial charge in [-0.3, -0.25) is 4.79 Å². The highest BCUT2D eigenvalue weighted by Crippen LogP contribution is 2.56. The van der Waals surface area contributed by atoms with E-state index in [4.69, 9.17) is 35.3 Å². The molecule has 270 valence electrons. The van der Waals surface area contributed by atoms with Gasteiger partial charge in [0.15, 0.2) is 0 Å². The van der Waals surface area contributed by atoms with Gasteiger partial charge in [0.1, 0.15) is 18.5 Å². The van der Waals surface area contributed by atoms with Crippen LogP contribution in [0.4, 0.5) is 5.69 Å². The summed E-state index contributed by atoms with van der Waals surface area (Å²) in [5.41, 5.74) is 5.10. The molecule has 4 bridgehead atoms. The number of anilines is 1. The Balaban J connectivity index is 1.04. The van der Waals surface area contributed by atoms with E-state index < -0.39 is 18.1 Å². The molecule has 10 nitrogen and oxygen atoms in total. The van der Waals surface area contributed by atoms with Crippen molar-refractivity contribution in [2.75, 3.05) is 71.2 Å². The number of fused-ring (bicyclic) bond motifs is 3. The number of benzene rings is 2. The monoisotopic (exact) mass is 707 g/mol. The molecule has 0 spiro atoms. The summed E-state index contributed by atoms with van der Waals surface area (Å²) >= 11 is 6.23. The first-order valence-electron chi connectivity index (χ1n) is 18.2. The van der Waals surface area contributed by atoms with E-state index in [1.54, 1.807) is 12.0 Å². The predicted octanol–water partition coefficient (Wildman–Crippen LogP) is 5.87. The van der Waals surface area contributed by atoms with E-state index in [1.165, 1.54) is 38.5 Å². The van der Waals surface area contributed by atoms with E-state index in [1.807, 2.05) is 18.2 Å². The molecule has 50 heavy (non-hydrogen) atoms. The molecule has 1 aromatic heterocycles. The summed E-state index contributed by atoms with van der Waals surface area (Å²) in [6.07, 6.45) is 8.30. The van der Waals surface area contributed by atoms with Gasteiger partial charge in [-0.15, -0.1) is 11.6 Å². The van der Waals surface area contributed by atoms with Crippen molar-refractivity contribution in [3.05, 3.63) is 65.4 Å². The van der Waals surface area contributed by atoms with Gasteiger partial charge in [-0.2, -0.15) is 0 Å². The van der Waals surface area contributed by atoms with Crippen LogP contribution in [0.2, 0.25) is 0 Å². The number of amides is 1. The molecule has 8 rings (SSSR count). The van der Waals surface area contributed by atoms with Crippen LogP contribution < -0.4 is 5.32 Å². The van der Waals surface area contributed by atoms with Crippen LogP contribution in [0.15, 0.2) is 48.5 Å². The number of esters is 1. The molecule has 2 N–H and O–H groups in total. The van der Waals surface area contributed by atoms with E-state index in [-0.39, 0.29) is 30.5 Å². The molecule has 0 unspecified atom stereocenters. The van der Waals surface area contributed by atoms with Crippen LogP contribution in [0.5, 0.6) is 0 Å². The first-order chi connectivity index (χ1) is 24.5. The van der Waals surface area contributed by atoms with Crippen LogP contribution in [0.25, 0.3) is 10.9 Å². The molecule has 1 amide bonds. The number of carbonyl (C=O) groups excluding carboxylic acids is 2. The van der Waals surface area contributed by atoms with Crippen LogP contribution in [0.3, 0.4) is 0 Å². The Kier molecular flexibility index (Phi) is 11.3. The summed E-state index contributed by atoms with van der Waals surface area (Å²) in [7, 11) is 1.63. The minimum atomic E-state index is -0.843. The topological polar surface area (TPSA) is 111 Å². The highest BCUT2D eigenvalue weighted by molar-refractivity contribution is 6.27. The standard InChI is InChI=1S/C39H50ClN3O7/c1-46-10-11-47-12-13-48-14-15-49-16-17-50-38(45)34-21-32-31-4-2-3-5-33(31)41-36(32)37(43(34)35(44)25-40)29-6-8-30(9-7-29)42-39-22-26-18-27(23-39)20-28(19-26)24-39/h2-9,26-28,34,37,41-42H,10-25H2,1H3/t26?,27?,28?,34-,37+,39?/m1/s1. The number of alkyl halides is 1. The van der Waals surface area contributed by atoms with E-state index in [2.05, 4.69) is 40.6 Å². The fourth-order valence-corrected chi connectivity index (χ4v) is 9.63. The third kappa shape index (κ3) is 7.70. The highest BCUT2D eigenvalue weighted by atomic mass is 35.5. The van der Waals surface area contributed by atoms with Gasteiger partial charge in [0.2, 0.25) is 5.91 Å². The lowest BCUT2D eigenvalue weighted by molar-refractivity contribution is -0.158. The summed E-state index contributed by atoms with van der Waals surface area (Å²) in [6.45, 7) is 3.09. The van der Waals surface area contributed by atoms with Crippen molar-refractivity contribution in [2.45, 2.75) is 62.6 Å². The first-order valence-corrected chi connectivity index (χ1v) is 18.7. The average molecular weight is 708 g/mol. The normalized spacial score (nSPS) is 26.7. The molecule has 4 aliphatic carbocycles. The summed E-state index contributed by atoms with van der Waals surface area (Å²) in [5, 5.41) is 5.01. The van der Waals surface area contributed by atoms with Crippen LogP contribution in [0.1, 0.15) is 61.4 Å². The maximum atomic E-state index is 13.8. The van der Waals surface area contributed by atoms with Crippen LogP contribution in [0, 0.1) is 17.8 Å². The second-order valence-electron chi connectivity index (χ2n) is 14.6. The van der Waals surface area contributed by atoms with Gasteiger partial charge >= 0.3 is 5.97 Å². The van der Waals surface area contributed by atoms with Crippen molar-refractivity contribution < 1.29 is 33.3 Å². The van der Waals surface area contributed by atoms with Gasteiger partial charge < -0.3 is 38.9 Å². The summed E-state index contributed by atoms with van der Waals surface area (Å²) < 4.78 is 27.2. The lowest BCUT2D eigenvalue weighted by atomic mass is 9.53. The number of aromatic nitrogens is 1. The van der Waals surface area contributed by atoms with Crippen LogP contribution in [-0.2, 0) is 39.7 Å². The Labute approximate surface area is 299 Å². The van der Waals surface area contributed by atoms with E-state index >= 15 is 0 Å².